The van der Waals surface area contributed by atoms with Crippen molar-refractivity contribution < 1.29 is 4.79 Å². The molecule has 0 fully saturated rings. The van der Waals surface area contributed by atoms with Crippen LogP contribution in [0.1, 0.15) is 19.4 Å². The maximum absolute atomic E-state index is 12.9. The van der Waals surface area contributed by atoms with Gasteiger partial charge in [-0.15, -0.1) is 11.3 Å². The van der Waals surface area contributed by atoms with Gasteiger partial charge in [0.1, 0.15) is 11.4 Å². The fourth-order valence-corrected chi connectivity index (χ4v) is 3.75. The SMILES string of the molecule is CCN(CC)C(=O)Cn1cnc2scc(-c3ccc(C)cc3)c2c1=O. The maximum Gasteiger partial charge on any atom is 0.263 e. The highest BCUT2D eigenvalue weighted by Crippen LogP contribution is 2.30. The quantitative estimate of drug-likeness (QED) is 0.706. The molecule has 2 aromatic heterocycles. The highest BCUT2D eigenvalue weighted by molar-refractivity contribution is 7.17. The lowest BCUT2D eigenvalue weighted by molar-refractivity contribution is -0.131. The standard InChI is InChI=1S/C19H21N3O2S/c1-4-21(5-2)16(23)10-22-12-20-18-17(19(22)24)15(11-25-18)14-8-6-13(3)7-9-14/h6-9,11-12H,4-5,10H2,1-3H3. The van der Waals surface area contributed by atoms with Gasteiger partial charge in [-0.25, -0.2) is 4.98 Å². The summed E-state index contributed by atoms with van der Waals surface area (Å²) in [6.07, 6.45) is 1.47. The zero-order valence-corrected chi connectivity index (χ0v) is 15.5. The summed E-state index contributed by atoms with van der Waals surface area (Å²) in [5, 5.41) is 2.55. The summed E-state index contributed by atoms with van der Waals surface area (Å²) < 4.78 is 1.41. The third-order valence-electron chi connectivity index (χ3n) is 4.35. The van der Waals surface area contributed by atoms with Crippen LogP contribution in [-0.2, 0) is 11.3 Å². The molecule has 0 aliphatic heterocycles. The lowest BCUT2D eigenvalue weighted by atomic mass is 10.1. The van der Waals surface area contributed by atoms with E-state index in [1.54, 1.807) is 4.90 Å². The zero-order valence-electron chi connectivity index (χ0n) is 14.7. The Bertz CT molecular complexity index is 953. The van der Waals surface area contributed by atoms with E-state index in [2.05, 4.69) is 4.98 Å². The van der Waals surface area contributed by atoms with E-state index in [0.29, 0.717) is 23.3 Å². The number of hydrogen-bond acceptors (Lipinski definition) is 4. The van der Waals surface area contributed by atoms with Crippen molar-refractivity contribution in [3.63, 3.8) is 0 Å². The van der Waals surface area contributed by atoms with Gasteiger partial charge < -0.3 is 4.90 Å². The Labute approximate surface area is 150 Å². The van der Waals surface area contributed by atoms with Crippen LogP contribution in [0.4, 0.5) is 0 Å². The van der Waals surface area contributed by atoms with Crippen molar-refractivity contribution in [3.05, 3.63) is 51.9 Å². The van der Waals surface area contributed by atoms with Crippen LogP contribution < -0.4 is 5.56 Å². The number of rotatable bonds is 5. The summed E-state index contributed by atoms with van der Waals surface area (Å²) in [4.78, 5) is 32.1. The van der Waals surface area contributed by atoms with Gasteiger partial charge in [0.05, 0.1) is 11.7 Å². The van der Waals surface area contributed by atoms with Crippen LogP contribution in [0, 0.1) is 6.92 Å². The van der Waals surface area contributed by atoms with E-state index in [0.717, 1.165) is 11.1 Å². The first kappa shape index (κ1) is 17.4. The second-order valence-electron chi connectivity index (χ2n) is 5.94. The van der Waals surface area contributed by atoms with Gasteiger partial charge in [-0.2, -0.15) is 0 Å². The number of amides is 1. The van der Waals surface area contributed by atoms with Crippen molar-refractivity contribution in [2.24, 2.45) is 0 Å². The molecule has 5 nitrogen and oxygen atoms in total. The summed E-state index contributed by atoms with van der Waals surface area (Å²) in [7, 11) is 0. The molecular formula is C19H21N3O2S. The van der Waals surface area contributed by atoms with Gasteiger partial charge in [0.15, 0.2) is 0 Å². The van der Waals surface area contributed by atoms with Crippen LogP contribution >= 0.6 is 11.3 Å². The Balaban J connectivity index is 2.04. The number of aryl methyl sites for hydroxylation is 1. The minimum Gasteiger partial charge on any atom is -0.342 e. The van der Waals surface area contributed by atoms with Crippen molar-refractivity contribution in [2.45, 2.75) is 27.3 Å². The molecule has 0 saturated carbocycles. The number of carbonyl (C=O) groups is 1. The third-order valence-corrected chi connectivity index (χ3v) is 5.23. The normalized spacial score (nSPS) is 11.0. The fraction of sp³-hybridized carbons (Fsp3) is 0.316. The molecule has 25 heavy (non-hydrogen) atoms. The molecule has 0 N–H and O–H groups in total. The maximum atomic E-state index is 12.9. The first-order valence-corrected chi connectivity index (χ1v) is 9.24. The van der Waals surface area contributed by atoms with E-state index < -0.39 is 0 Å². The molecule has 0 aliphatic rings. The van der Waals surface area contributed by atoms with Gasteiger partial charge in [-0.3, -0.25) is 14.2 Å². The van der Waals surface area contributed by atoms with Gasteiger partial charge in [0.25, 0.3) is 5.56 Å². The lowest BCUT2D eigenvalue weighted by Crippen LogP contribution is -2.36. The average Bonchev–Trinajstić information content (AvgIpc) is 3.04. The highest BCUT2D eigenvalue weighted by Gasteiger charge is 2.16. The summed E-state index contributed by atoms with van der Waals surface area (Å²) in [5.41, 5.74) is 2.87. The number of benzene rings is 1. The summed E-state index contributed by atoms with van der Waals surface area (Å²) >= 11 is 1.45. The molecule has 0 atom stereocenters. The molecule has 1 aromatic carbocycles. The first-order chi connectivity index (χ1) is 12.0. The molecule has 1 amide bonds. The van der Waals surface area contributed by atoms with E-state index in [4.69, 9.17) is 0 Å². The van der Waals surface area contributed by atoms with E-state index in [1.165, 1.54) is 27.8 Å². The molecule has 2 heterocycles. The van der Waals surface area contributed by atoms with Gasteiger partial charge in [0.2, 0.25) is 5.91 Å². The number of hydrogen-bond donors (Lipinski definition) is 0. The number of carbonyl (C=O) groups excluding carboxylic acids is 1. The molecule has 0 aliphatic carbocycles. The second kappa shape index (κ2) is 7.19. The molecular weight excluding hydrogens is 334 g/mol. The van der Waals surface area contributed by atoms with Crippen LogP contribution in [0.15, 0.2) is 40.8 Å². The average molecular weight is 355 g/mol. The molecule has 3 rings (SSSR count). The molecule has 0 radical (unpaired) electrons. The van der Waals surface area contributed by atoms with Crippen LogP contribution in [0.25, 0.3) is 21.3 Å². The van der Waals surface area contributed by atoms with Crippen molar-refractivity contribution in [2.75, 3.05) is 13.1 Å². The van der Waals surface area contributed by atoms with Crippen molar-refractivity contribution >= 4 is 27.5 Å². The first-order valence-electron chi connectivity index (χ1n) is 8.36. The van der Waals surface area contributed by atoms with E-state index in [9.17, 15) is 9.59 Å². The van der Waals surface area contributed by atoms with Crippen LogP contribution in [0.5, 0.6) is 0 Å². The predicted octanol–water partition coefficient (Wildman–Crippen LogP) is 3.30. The van der Waals surface area contributed by atoms with Crippen LogP contribution in [0.3, 0.4) is 0 Å². The minimum atomic E-state index is -0.165. The van der Waals surface area contributed by atoms with Gasteiger partial charge in [0, 0.05) is 24.0 Å². The molecule has 0 unspecified atom stereocenters. The smallest absolute Gasteiger partial charge is 0.263 e. The van der Waals surface area contributed by atoms with E-state index >= 15 is 0 Å². The summed E-state index contributed by atoms with van der Waals surface area (Å²) in [5.74, 6) is -0.0691. The lowest BCUT2D eigenvalue weighted by Gasteiger charge is -2.18. The van der Waals surface area contributed by atoms with Crippen LogP contribution in [-0.4, -0.2) is 33.4 Å². The fourth-order valence-electron chi connectivity index (χ4n) is 2.85. The molecule has 0 bridgehead atoms. The van der Waals surface area contributed by atoms with Gasteiger partial charge in [-0.05, 0) is 26.3 Å². The Morgan fingerprint density at radius 3 is 2.52 bits per heavy atom. The number of thiophene rings is 1. The molecule has 130 valence electrons. The predicted molar refractivity (Wildman–Crippen MR) is 102 cm³/mol. The monoisotopic (exact) mass is 355 g/mol. The Hall–Kier alpha value is -2.47. The number of likely N-dealkylation sites (N-methyl/N-ethyl adjacent to an activating group) is 1. The van der Waals surface area contributed by atoms with Gasteiger partial charge in [-0.1, -0.05) is 29.8 Å². The van der Waals surface area contributed by atoms with Gasteiger partial charge >= 0.3 is 0 Å². The summed E-state index contributed by atoms with van der Waals surface area (Å²) in [6.45, 7) is 7.18. The molecule has 0 spiro atoms. The Morgan fingerprint density at radius 2 is 1.88 bits per heavy atom. The third kappa shape index (κ3) is 3.35. The van der Waals surface area contributed by atoms with Crippen molar-refractivity contribution in [3.8, 4) is 11.1 Å². The largest absolute Gasteiger partial charge is 0.342 e. The van der Waals surface area contributed by atoms with E-state index in [-0.39, 0.29) is 18.0 Å². The molecule has 6 heteroatoms. The van der Waals surface area contributed by atoms with E-state index in [1.807, 2.05) is 50.4 Å². The molecule has 0 saturated heterocycles. The zero-order chi connectivity index (χ0) is 18.0. The summed E-state index contributed by atoms with van der Waals surface area (Å²) in [6, 6.07) is 8.07. The Kier molecular flexibility index (Phi) is 4.99. The Morgan fingerprint density at radius 1 is 1.20 bits per heavy atom. The minimum absolute atomic E-state index is 0.0205. The van der Waals surface area contributed by atoms with Crippen molar-refractivity contribution in [1.82, 2.24) is 14.5 Å². The highest BCUT2D eigenvalue weighted by atomic mass is 32.1. The number of fused-ring (bicyclic) bond motifs is 1. The number of nitrogens with zero attached hydrogens (tertiary/aromatic N) is 3. The number of aromatic nitrogens is 2. The van der Waals surface area contributed by atoms with Crippen LogP contribution in [0.2, 0.25) is 0 Å². The van der Waals surface area contributed by atoms with Crippen molar-refractivity contribution in [1.29, 1.82) is 0 Å². The molecule has 3 aromatic rings. The second-order valence-corrected chi connectivity index (χ2v) is 6.80. The topological polar surface area (TPSA) is 55.2 Å².